The smallest absolute Gasteiger partial charge is 0.214 e. The maximum atomic E-state index is 10.6. The highest BCUT2D eigenvalue weighted by molar-refractivity contribution is 7.43. The Bertz CT molecular complexity index is 535. The molecule has 2 saturated heterocycles. The van der Waals surface area contributed by atoms with Gasteiger partial charge in [-0.25, -0.2) is 0 Å². The van der Waals surface area contributed by atoms with Crippen LogP contribution in [0.1, 0.15) is 0 Å². The SMILES string of the molecule is [NH3+][C@H]1[C@H](O[C@H]2[C@H](O)[C@@H]([NH3+])C(O)O[C@@H]2CO)O[C@H](COP(=O)([O-])[O-])[C@@H](O)[C@@H]1O. The summed E-state index contributed by atoms with van der Waals surface area (Å²) >= 11 is 0. The van der Waals surface area contributed by atoms with E-state index in [0.717, 1.165) is 0 Å². The monoisotopic (exact) mass is 420 g/mol. The van der Waals surface area contributed by atoms with Crippen molar-refractivity contribution in [3.05, 3.63) is 0 Å². The molecule has 0 aromatic heterocycles. The summed E-state index contributed by atoms with van der Waals surface area (Å²) in [5.41, 5.74) is 7.14. The predicted molar refractivity (Wildman–Crippen MR) is 76.4 cm³/mol. The number of phosphoric acid groups is 1. The molecule has 15 heteroatoms. The van der Waals surface area contributed by atoms with Crippen LogP contribution in [0.5, 0.6) is 0 Å². The van der Waals surface area contributed by atoms with Gasteiger partial charge < -0.3 is 70.1 Å². The summed E-state index contributed by atoms with van der Waals surface area (Å²) in [6.45, 7) is -1.51. The summed E-state index contributed by atoms with van der Waals surface area (Å²) in [6, 6.07) is -2.12. The molecule has 0 amide bonds. The van der Waals surface area contributed by atoms with E-state index >= 15 is 0 Å². The molecule has 10 atom stereocenters. The normalized spacial score (nSPS) is 46.4. The molecule has 2 heterocycles. The first kappa shape index (κ1) is 23.0. The first-order valence-corrected chi connectivity index (χ1v) is 9.54. The van der Waals surface area contributed by atoms with Gasteiger partial charge in [-0.05, 0) is 0 Å². The second-order valence-electron chi connectivity index (χ2n) is 6.43. The van der Waals surface area contributed by atoms with E-state index in [9.17, 15) is 39.9 Å². The molecule has 14 nitrogen and oxygen atoms in total. The van der Waals surface area contributed by atoms with Crippen molar-refractivity contribution < 1.29 is 70.1 Å². The minimum atomic E-state index is -5.35. The van der Waals surface area contributed by atoms with Crippen molar-refractivity contribution in [1.29, 1.82) is 0 Å². The lowest BCUT2D eigenvalue weighted by atomic mass is 9.95. The molecule has 0 spiro atoms. The number of rotatable bonds is 6. The molecule has 0 aromatic carbocycles. The lowest BCUT2D eigenvalue weighted by molar-refractivity contribution is -0.522. The third kappa shape index (κ3) is 5.41. The van der Waals surface area contributed by atoms with Gasteiger partial charge >= 0.3 is 0 Å². The predicted octanol–water partition coefficient (Wildman–Crippen LogP) is -8.05. The molecule has 2 aliphatic heterocycles. The quantitative estimate of drug-likeness (QED) is 0.198. The maximum absolute atomic E-state index is 10.6. The minimum absolute atomic E-state index is 0.632. The van der Waals surface area contributed by atoms with Crippen molar-refractivity contribution in [3.8, 4) is 0 Å². The minimum Gasteiger partial charge on any atom is -0.790 e. The average molecular weight is 420 g/mol. The largest absolute Gasteiger partial charge is 0.790 e. The molecule has 160 valence electrons. The highest BCUT2D eigenvalue weighted by atomic mass is 31.2. The fourth-order valence-corrected chi connectivity index (χ4v) is 3.21. The lowest BCUT2D eigenvalue weighted by Crippen LogP contribution is -2.81. The van der Waals surface area contributed by atoms with Crippen molar-refractivity contribution in [1.82, 2.24) is 0 Å². The number of hydrogen-bond acceptors (Lipinski definition) is 12. The first-order chi connectivity index (χ1) is 12.5. The van der Waals surface area contributed by atoms with Gasteiger partial charge in [0.25, 0.3) is 0 Å². The second-order valence-corrected chi connectivity index (χ2v) is 7.59. The third-order valence-corrected chi connectivity index (χ3v) is 4.98. The fourth-order valence-electron chi connectivity index (χ4n) is 2.88. The lowest BCUT2D eigenvalue weighted by Gasteiger charge is -2.44. The molecule has 0 saturated carbocycles. The Balaban J connectivity index is 2.11. The number of aliphatic hydroxyl groups is 5. The number of quaternary nitrogens is 2. The van der Waals surface area contributed by atoms with E-state index in [-0.39, 0.29) is 0 Å². The molecule has 0 bridgehead atoms. The Labute approximate surface area is 153 Å². The fraction of sp³-hybridized carbons (Fsp3) is 1.00. The van der Waals surface area contributed by atoms with Crippen molar-refractivity contribution >= 4 is 7.82 Å². The van der Waals surface area contributed by atoms with Gasteiger partial charge in [-0.3, -0.25) is 0 Å². The van der Waals surface area contributed by atoms with Gasteiger partial charge in [-0.15, -0.1) is 0 Å². The summed E-state index contributed by atoms with van der Waals surface area (Å²) in [6.07, 6.45) is -11.2. The van der Waals surface area contributed by atoms with Gasteiger partial charge in [-0.2, -0.15) is 0 Å². The summed E-state index contributed by atoms with van der Waals surface area (Å²) in [5.74, 6) is 0. The molecule has 2 aliphatic rings. The Kier molecular flexibility index (Phi) is 7.68. The second kappa shape index (κ2) is 9.02. The van der Waals surface area contributed by atoms with Crippen LogP contribution in [0, 0.1) is 0 Å². The molecular weight excluding hydrogens is 395 g/mol. The van der Waals surface area contributed by atoms with E-state index < -0.39 is 82.3 Å². The van der Waals surface area contributed by atoms with Crippen LogP contribution < -0.4 is 21.3 Å². The van der Waals surface area contributed by atoms with Crippen LogP contribution in [0.3, 0.4) is 0 Å². The van der Waals surface area contributed by atoms with Crippen LogP contribution in [0.2, 0.25) is 0 Å². The zero-order valence-electron chi connectivity index (χ0n) is 14.1. The van der Waals surface area contributed by atoms with E-state index in [4.69, 9.17) is 14.2 Å². The molecular formula is C12H25N2O12P. The van der Waals surface area contributed by atoms with Gasteiger partial charge in [-0.1, -0.05) is 0 Å². The van der Waals surface area contributed by atoms with Crippen LogP contribution in [0.25, 0.3) is 0 Å². The molecule has 11 N–H and O–H groups in total. The number of aliphatic hydroxyl groups excluding tert-OH is 5. The van der Waals surface area contributed by atoms with E-state index in [2.05, 4.69) is 16.0 Å². The molecule has 1 unspecified atom stereocenters. The number of phosphoric ester groups is 1. The zero-order valence-corrected chi connectivity index (χ0v) is 15.0. The van der Waals surface area contributed by atoms with Crippen LogP contribution in [0.4, 0.5) is 0 Å². The molecule has 2 rings (SSSR count). The van der Waals surface area contributed by atoms with Crippen molar-refractivity contribution in [3.63, 3.8) is 0 Å². The first-order valence-electron chi connectivity index (χ1n) is 8.08. The van der Waals surface area contributed by atoms with Crippen LogP contribution in [-0.2, 0) is 23.3 Å². The average Bonchev–Trinajstić information content (AvgIpc) is 2.60. The van der Waals surface area contributed by atoms with Crippen LogP contribution >= 0.6 is 7.82 Å². The van der Waals surface area contributed by atoms with Crippen LogP contribution in [-0.4, -0.2) is 100 Å². The van der Waals surface area contributed by atoms with Gasteiger partial charge in [0, 0.05) is 0 Å². The molecule has 27 heavy (non-hydrogen) atoms. The summed E-state index contributed by atoms with van der Waals surface area (Å²) in [5, 5.41) is 49.3. The Morgan fingerprint density at radius 2 is 1.59 bits per heavy atom. The van der Waals surface area contributed by atoms with Gasteiger partial charge in [0.15, 0.2) is 12.1 Å². The maximum Gasteiger partial charge on any atom is 0.214 e. The van der Waals surface area contributed by atoms with Crippen molar-refractivity contribution in [2.75, 3.05) is 13.2 Å². The Morgan fingerprint density at radius 1 is 0.963 bits per heavy atom. The van der Waals surface area contributed by atoms with E-state index in [0.29, 0.717) is 0 Å². The molecule has 0 aliphatic carbocycles. The Morgan fingerprint density at radius 3 is 2.15 bits per heavy atom. The van der Waals surface area contributed by atoms with E-state index in [1.54, 1.807) is 0 Å². The molecule has 0 radical (unpaired) electrons. The van der Waals surface area contributed by atoms with Crippen LogP contribution in [0.15, 0.2) is 0 Å². The van der Waals surface area contributed by atoms with E-state index in [1.807, 2.05) is 0 Å². The highest BCUT2D eigenvalue weighted by Crippen LogP contribution is 2.30. The van der Waals surface area contributed by atoms with Crippen molar-refractivity contribution in [2.45, 2.75) is 61.3 Å². The topological polar surface area (TPSA) is 257 Å². The van der Waals surface area contributed by atoms with Gasteiger partial charge in [0.2, 0.25) is 12.6 Å². The highest BCUT2D eigenvalue weighted by Gasteiger charge is 2.51. The van der Waals surface area contributed by atoms with Gasteiger partial charge in [0.1, 0.15) is 36.6 Å². The third-order valence-electron chi connectivity index (χ3n) is 4.52. The van der Waals surface area contributed by atoms with E-state index in [1.165, 1.54) is 0 Å². The summed E-state index contributed by atoms with van der Waals surface area (Å²) < 4.78 is 30.7. The summed E-state index contributed by atoms with van der Waals surface area (Å²) in [7, 11) is -5.35. The van der Waals surface area contributed by atoms with Gasteiger partial charge in [0.05, 0.1) is 21.0 Å². The standard InChI is InChI=1S/C12H25N2O12P/c13-5-9(18)10(3(1-15)24-11(5)19)26-12-6(14)8(17)7(16)4(25-12)2-23-27(20,21)22/h3-12,15-19H,1-2,13-14H2,(H2,20,21,22)/t3-,4-,5-,6-,7-,8-,9-,10-,11?,12+/m1/s1. The summed E-state index contributed by atoms with van der Waals surface area (Å²) in [4.78, 5) is 21.2. The number of hydrogen-bond donors (Lipinski definition) is 7. The molecule has 2 fully saturated rings. The Hall–Kier alpha value is -0.290. The number of ether oxygens (including phenoxy) is 3. The molecule has 0 aromatic rings. The van der Waals surface area contributed by atoms with Crippen molar-refractivity contribution in [2.24, 2.45) is 0 Å². The zero-order chi connectivity index (χ0) is 20.5.